The summed E-state index contributed by atoms with van der Waals surface area (Å²) in [5, 5.41) is 1.76. The first kappa shape index (κ1) is 9.01. The van der Waals surface area contributed by atoms with Gasteiger partial charge in [0.15, 0.2) is 0 Å². The van der Waals surface area contributed by atoms with Crippen molar-refractivity contribution in [3.8, 4) is 0 Å². The Balaban J connectivity index is 3.08. The summed E-state index contributed by atoms with van der Waals surface area (Å²) in [6, 6.07) is 0. The van der Waals surface area contributed by atoms with Gasteiger partial charge in [0.2, 0.25) is 0 Å². The van der Waals surface area contributed by atoms with Gasteiger partial charge in [0.25, 0.3) is 0 Å². The van der Waals surface area contributed by atoms with Gasteiger partial charge in [0.05, 0.1) is 5.01 Å². The Morgan fingerprint density at radius 2 is 1.91 bits per heavy atom. The van der Waals surface area contributed by atoms with Gasteiger partial charge < -0.3 is 0 Å². The normalized spacial score (nSPS) is 12.1. The van der Waals surface area contributed by atoms with Crippen LogP contribution in [0, 0.1) is 6.92 Å². The molecule has 0 saturated heterocycles. The van der Waals surface area contributed by atoms with Crippen LogP contribution in [-0.4, -0.2) is 4.98 Å². The van der Waals surface area contributed by atoms with E-state index in [4.69, 9.17) is 11.6 Å². The van der Waals surface area contributed by atoms with Crippen LogP contribution in [0.3, 0.4) is 0 Å². The molecule has 0 bridgehead atoms. The number of halogens is 1. The second-order valence-corrected chi connectivity index (χ2v) is 5.18. The molecule has 0 N–H and O–H groups in total. The van der Waals surface area contributed by atoms with Crippen LogP contribution in [0.15, 0.2) is 0 Å². The molecule has 0 radical (unpaired) electrons. The van der Waals surface area contributed by atoms with E-state index in [-0.39, 0.29) is 5.41 Å². The molecule has 11 heavy (non-hydrogen) atoms. The van der Waals surface area contributed by atoms with Crippen molar-refractivity contribution in [3.63, 3.8) is 0 Å². The van der Waals surface area contributed by atoms with Crippen LogP contribution in [0.5, 0.6) is 0 Å². The molecule has 0 aliphatic rings. The molecule has 1 nitrogen and oxygen atoms in total. The number of aryl methyl sites for hydroxylation is 1. The van der Waals surface area contributed by atoms with Crippen molar-refractivity contribution in [2.75, 3.05) is 0 Å². The minimum absolute atomic E-state index is 0.128. The highest BCUT2D eigenvalue weighted by atomic mass is 35.5. The topological polar surface area (TPSA) is 12.9 Å². The summed E-state index contributed by atoms with van der Waals surface area (Å²) in [5.41, 5.74) is 0.128. The van der Waals surface area contributed by atoms with Crippen LogP contribution in [0.1, 0.15) is 30.7 Å². The molecule has 1 aromatic heterocycles. The maximum absolute atomic E-state index is 5.83. The Hall–Kier alpha value is -0.0800. The summed E-state index contributed by atoms with van der Waals surface area (Å²) < 4.78 is 0. The van der Waals surface area contributed by atoms with Gasteiger partial charge in [-0.25, -0.2) is 4.98 Å². The quantitative estimate of drug-likeness (QED) is 0.610. The van der Waals surface area contributed by atoms with E-state index in [1.165, 1.54) is 0 Å². The van der Waals surface area contributed by atoms with Crippen molar-refractivity contribution in [2.45, 2.75) is 33.1 Å². The van der Waals surface area contributed by atoms with E-state index in [2.05, 4.69) is 25.8 Å². The molecular formula is C8H12ClNS. The highest BCUT2D eigenvalue weighted by molar-refractivity contribution is 7.12. The molecule has 0 amide bonds. The fourth-order valence-electron chi connectivity index (χ4n) is 0.699. The van der Waals surface area contributed by atoms with Gasteiger partial charge in [0, 0.05) is 10.3 Å². The van der Waals surface area contributed by atoms with Gasteiger partial charge in [-0.2, -0.15) is 0 Å². The first-order valence-corrected chi connectivity index (χ1v) is 4.74. The van der Waals surface area contributed by atoms with Gasteiger partial charge in [-0.15, -0.1) is 11.3 Å². The van der Waals surface area contributed by atoms with E-state index in [0.717, 1.165) is 9.88 Å². The van der Waals surface area contributed by atoms with Crippen molar-refractivity contribution in [1.82, 2.24) is 4.98 Å². The number of nitrogens with zero attached hydrogens (tertiary/aromatic N) is 1. The number of thiazole rings is 1. The van der Waals surface area contributed by atoms with Crippen molar-refractivity contribution in [2.24, 2.45) is 0 Å². The third-order valence-electron chi connectivity index (χ3n) is 1.38. The largest absolute Gasteiger partial charge is 0.229 e. The Bertz CT molecular complexity index is 240. The van der Waals surface area contributed by atoms with Gasteiger partial charge in [0.1, 0.15) is 5.15 Å². The first-order valence-electron chi connectivity index (χ1n) is 3.54. The van der Waals surface area contributed by atoms with E-state index >= 15 is 0 Å². The predicted molar refractivity (Wildman–Crippen MR) is 50.6 cm³/mol. The second kappa shape index (κ2) is 2.76. The Labute approximate surface area is 76.4 Å². The molecule has 0 aliphatic carbocycles. The average Bonchev–Trinajstić information content (AvgIpc) is 2.11. The fraction of sp³-hybridized carbons (Fsp3) is 0.625. The third kappa shape index (κ3) is 1.94. The van der Waals surface area contributed by atoms with Crippen molar-refractivity contribution >= 4 is 22.9 Å². The zero-order valence-electron chi connectivity index (χ0n) is 7.23. The van der Waals surface area contributed by atoms with Crippen LogP contribution < -0.4 is 0 Å². The highest BCUT2D eigenvalue weighted by Crippen LogP contribution is 2.30. The monoisotopic (exact) mass is 189 g/mol. The lowest BCUT2D eigenvalue weighted by Crippen LogP contribution is -2.09. The van der Waals surface area contributed by atoms with E-state index in [0.29, 0.717) is 5.15 Å². The summed E-state index contributed by atoms with van der Waals surface area (Å²) in [6.45, 7) is 8.42. The molecule has 0 spiro atoms. The van der Waals surface area contributed by atoms with Gasteiger partial charge in [-0.05, 0) is 6.92 Å². The van der Waals surface area contributed by atoms with Crippen molar-refractivity contribution < 1.29 is 0 Å². The summed E-state index contributed by atoms with van der Waals surface area (Å²) >= 11 is 7.51. The average molecular weight is 190 g/mol. The van der Waals surface area contributed by atoms with Crippen LogP contribution in [0.25, 0.3) is 0 Å². The molecular weight excluding hydrogens is 178 g/mol. The Morgan fingerprint density at radius 3 is 2.09 bits per heavy atom. The van der Waals surface area contributed by atoms with Gasteiger partial charge >= 0.3 is 0 Å². The van der Waals surface area contributed by atoms with Gasteiger partial charge in [-0.3, -0.25) is 0 Å². The first-order chi connectivity index (χ1) is 4.91. The Morgan fingerprint density at radius 1 is 1.36 bits per heavy atom. The summed E-state index contributed by atoms with van der Waals surface area (Å²) in [4.78, 5) is 5.37. The summed E-state index contributed by atoms with van der Waals surface area (Å²) in [6.07, 6.45) is 0. The molecule has 0 atom stereocenters. The molecule has 62 valence electrons. The standard InChI is InChI=1S/C8H12ClNS/c1-5-6(9)10-7(11-5)8(2,3)4/h1-4H3. The van der Waals surface area contributed by atoms with Crippen LogP contribution in [-0.2, 0) is 5.41 Å². The van der Waals surface area contributed by atoms with E-state index in [1.807, 2.05) is 6.92 Å². The highest BCUT2D eigenvalue weighted by Gasteiger charge is 2.19. The molecule has 0 unspecified atom stereocenters. The molecule has 0 aromatic carbocycles. The number of hydrogen-bond acceptors (Lipinski definition) is 2. The molecule has 0 fully saturated rings. The van der Waals surface area contributed by atoms with Crippen LogP contribution >= 0.6 is 22.9 Å². The maximum Gasteiger partial charge on any atom is 0.143 e. The second-order valence-electron chi connectivity index (χ2n) is 3.62. The predicted octanol–water partition coefficient (Wildman–Crippen LogP) is 3.40. The van der Waals surface area contributed by atoms with Crippen LogP contribution in [0.4, 0.5) is 0 Å². The smallest absolute Gasteiger partial charge is 0.143 e. The van der Waals surface area contributed by atoms with E-state index in [9.17, 15) is 0 Å². The molecule has 1 rings (SSSR count). The summed E-state index contributed by atoms with van der Waals surface area (Å²) in [7, 11) is 0. The molecule has 0 saturated carbocycles. The fourth-order valence-corrected chi connectivity index (χ4v) is 1.81. The lowest BCUT2D eigenvalue weighted by molar-refractivity contribution is 0.585. The molecule has 3 heteroatoms. The lowest BCUT2D eigenvalue weighted by atomic mass is 9.98. The molecule has 1 heterocycles. The minimum atomic E-state index is 0.128. The number of rotatable bonds is 0. The SMILES string of the molecule is Cc1sc(C(C)(C)C)nc1Cl. The molecule has 0 aliphatic heterocycles. The van der Waals surface area contributed by atoms with Gasteiger partial charge in [-0.1, -0.05) is 32.4 Å². The number of hydrogen-bond donors (Lipinski definition) is 0. The number of aromatic nitrogens is 1. The van der Waals surface area contributed by atoms with E-state index < -0.39 is 0 Å². The van der Waals surface area contributed by atoms with Crippen molar-refractivity contribution in [3.05, 3.63) is 15.0 Å². The summed E-state index contributed by atoms with van der Waals surface area (Å²) in [5.74, 6) is 0. The maximum atomic E-state index is 5.83. The van der Waals surface area contributed by atoms with Crippen LogP contribution in [0.2, 0.25) is 5.15 Å². The molecule has 1 aromatic rings. The lowest BCUT2D eigenvalue weighted by Gasteiger charge is -2.13. The minimum Gasteiger partial charge on any atom is -0.229 e. The van der Waals surface area contributed by atoms with E-state index in [1.54, 1.807) is 11.3 Å². The third-order valence-corrected chi connectivity index (χ3v) is 3.26. The van der Waals surface area contributed by atoms with Crippen molar-refractivity contribution in [1.29, 1.82) is 0 Å². The Kier molecular flexibility index (Phi) is 2.26. The zero-order chi connectivity index (χ0) is 8.65. The zero-order valence-corrected chi connectivity index (χ0v) is 8.81.